The van der Waals surface area contributed by atoms with E-state index in [0.29, 0.717) is 24.2 Å². The Morgan fingerprint density at radius 3 is 2.82 bits per heavy atom. The largest absolute Gasteiger partial charge is 0.378 e. The van der Waals surface area contributed by atoms with Gasteiger partial charge in [-0.3, -0.25) is 4.79 Å². The number of hydrogen-bond acceptors (Lipinski definition) is 4. The predicted molar refractivity (Wildman–Crippen MR) is 84.3 cm³/mol. The number of carbonyl (C=O) groups excluding carboxylic acids is 1. The smallest absolute Gasteiger partial charge is 0.240 e. The van der Waals surface area contributed by atoms with E-state index in [-0.39, 0.29) is 16.9 Å². The molecule has 2 rings (SSSR count). The molecule has 22 heavy (non-hydrogen) atoms. The van der Waals surface area contributed by atoms with Crippen LogP contribution in [0.25, 0.3) is 0 Å². The first kappa shape index (κ1) is 16.9. The standard InChI is InChI=1S/C15H22N2O4S/c1-11-5-6-13(17-12(2)18)10-15(11)22(19,20)16-8-7-14-4-3-9-21-14/h5-6,10,14,16H,3-4,7-9H2,1-2H3,(H,17,18). The average Bonchev–Trinajstić information content (AvgIpc) is 2.93. The molecule has 1 aliphatic rings. The zero-order valence-corrected chi connectivity index (χ0v) is 13.7. The van der Waals surface area contributed by atoms with Crippen molar-refractivity contribution >= 4 is 21.6 Å². The number of hydrogen-bond donors (Lipinski definition) is 2. The highest BCUT2D eigenvalue weighted by Gasteiger charge is 2.20. The maximum Gasteiger partial charge on any atom is 0.240 e. The molecule has 1 aromatic carbocycles. The second-order valence-corrected chi connectivity index (χ2v) is 7.22. The van der Waals surface area contributed by atoms with E-state index >= 15 is 0 Å². The van der Waals surface area contributed by atoms with Crippen LogP contribution in [0, 0.1) is 6.92 Å². The first-order valence-corrected chi connectivity index (χ1v) is 8.86. The van der Waals surface area contributed by atoms with E-state index in [4.69, 9.17) is 4.74 Å². The van der Waals surface area contributed by atoms with Crippen LogP contribution in [0.1, 0.15) is 31.7 Å². The van der Waals surface area contributed by atoms with Crippen LogP contribution in [0.5, 0.6) is 0 Å². The molecular weight excluding hydrogens is 304 g/mol. The van der Waals surface area contributed by atoms with Gasteiger partial charge in [0.25, 0.3) is 0 Å². The summed E-state index contributed by atoms with van der Waals surface area (Å²) in [7, 11) is -3.60. The monoisotopic (exact) mass is 326 g/mol. The van der Waals surface area contributed by atoms with Crippen molar-refractivity contribution < 1.29 is 17.9 Å². The van der Waals surface area contributed by atoms with Gasteiger partial charge in [-0.2, -0.15) is 0 Å². The molecule has 6 nitrogen and oxygen atoms in total. The molecule has 1 amide bonds. The Morgan fingerprint density at radius 1 is 1.41 bits per heavy atom. The van der Waals surface area contributed by atoms with Gasteiger partial charge in [0.05, 0.1) is 11.0 Å². The quantitative estimate of drug-likeness (QED) is 0.835. The molecule has 1 heterocycles. The van der Waals surface area contributed by atoms with Gasteiger partial charge in [-0.05, 0) is 43.9 Å². The van der Waals surface area contributed by atoms with Crippen LogP contribution in [0.4, 0.5) is 5.69 Å². The van der Waals surface area contributed by atoms with E-state index in [2.05, 4.69) is 10.0 Å². The summed E-state index contributed by atoms with van der Waals surface area (Å²) >= 11 is 0. The molecule has 122 valence electrons. The molecule has 0 radical (unpaired) electrons. The molecule has 1 unspecified atom stereocenters. The Bertz CT molecular complexity index is 637. The Morgan fingerprint density at radius 2 is 2.18 bits per heavy atom. The zero-order chi connectivity index (χ0) is 16.2. The number of nitrogens with one attached hydrogen (secondary N) is 2. The van der Waals surface area contributed by atoms with Gasteiger partial charge in [-0.25, -0.2) is 13.1 Å². The number of aryl methyl sites for hydroxylation is 1. The minimum atomic E-state index is -3.60. The van der Waals surface area contributed by atoms with Crippen LogP contribution in [0.3, 0.4) is 0 Å². The van der Waals surface area contributed by atoms with E-state index in [1.807, 2.05) is 0 Å². The highest BCUT2D eigenvalue weighted by Crippen LogP contribution is 2.20. The molecule has 0 bridgehead atoms. The summed E-state index contributed by atoms with van der Waals surface area (Å²) in [5, 5.41) is 2.59. The van der Waals surface area contributed by atoms with Crippen LogP contribution in [-0.2, 0) is 19.6 Å². The van der Waals surface area contributed by atoms with Gasteiger partial charge < -0.3 is 10.1 Å². The van der Waals surface area contributed by atoms with Crippen LogP contribution in [0.15, 0.2) is 23.1 Å². The molecular formula is C15H22N2O4S. The summed E-state index contributed by atoms with van der Waals surface area (Å²) in [5.74, 6) is -0.237. The lowest BCUT2D eigenvalue weighted by Crippen LogP contribution is -2.28. The van der Waals surface area contributed by atoms with Crippen LogP contribution in [-0.4, -0.2) is 33.6 Å². The number of anilines is 1. The minimum absolute atomic E-state index is 0.148. The maximum atomic E-state index is 12.4. The number of carbonyl (C=O) groups is 1. The number of ether oxygens (including phenoxy) is 1. The van der Waals surface area contributed by atoms with Crippen molar-refractivity contribution in [2.45, 2.75) is 44.1 Å². The lowest BCUT2D eigenvalue weighted by Gasteiger charge is -2.13. The SMILES string of the molecule is CC(=O)Nc1ccc(C)c(S(=O)(=O)NCCC2CCCO2)c1. The van der Waals surface area contributed by atoms with Gasteiger partial charge in [0, 0.05) is 25.8 Å². The lowest BCUT2D eigenvalue weighted by molar-refractivity contribution is -0.114. The highest BCUT2D eigenvalue weighted by molar-refractivity contribution is 7.89. The Balaban J connectivity index is 2.05. The van der Waals surface area contributed by atoms with Crippen molar-refractivity contribution in [3.8, 4) is 0 Å². The molecule has 0 saturated carbocycles. The molecule has 1 saturated heterocycles. The third-order valence-electron chi connectivity index (χ3n) is 3.58. The van der Waals surface area contributed by atoms with Crippen molar-refractivity contribution in [1.82, 2.24) is 4.72 Å². The van der Waals surface area contributed by atoms with Crippen LogP contribution >= 0.6 is 0 Å². The number of amides is 1. The normalized spacial score (nSPS) is 18.4. The fourth-order valence-corrected chi connectivity index (χ4v) is 3.79. The first-order chi connectivity index (χ1) is 10.4. The molecule has 7 heteroatoms. The Hall–Kier alpha value is -1.44. The van der Waals surface area contributed by atoms with Crippen molar-refractivity contribution in [2.75, 3.05) is 18.5 Å². The summed E-state index contributed by atoms with van der Waals surface area (Å²) in [6.07, 6.45) is 2.84. The molecule has 1 atom stereocenters. The first-order valence-electron chi connectivity index (χ1n) is 7.38. The topological polar surface area (TPSA) is 84.5 Å². The van der Waals surface area contributed by atoms with Gasteiger partial charge in [0.15, 0.2) is 0 Å². The molecule has 0 spiro atoms. The lowest BCUT2D eigenvalue weighted by atomic mass is 10.2. The number of rotatable bonds is 6. The summed E-state index contributed by atoms with van der Waals surface area (Å²) in [5.41, 5.74) is 1.11. The highest BCUT2D eigenvalue weighted by atomic mass is 32.2. The van der Waals surface area contributed by atoms with E-state index in [1.165, 1.54) is 13.0 Å². The Labute approximate surface area is 131 Å². The van der Waals surface area contributed by atoms with Gasteiger partial charge in [0.1, 0.15) is 0 Å². The van der Waals surface area contributed by atoms with Crippen molar-refractivity contribution in [3.63, 3.8) is 0 Å². The molecule has 1 fully saturated rings. The van der Waals surface area contributed by atoms with Crippen LogP contribution in [0.2, 0.25) is 0 Å². The van der Waals surface area contributed by atoms with E-state index in [0.717, 1.165) is 19.4 Å². The van der Waals surface area contributed by atoms with E-state index < -0.39 is 10.0 Å². The maximum absolute atomic E-state index is 12.4. The van der Waals surface area contributed by atoms with Gasteiger partial charge in [0.2, 0.25) is 15.9 Å². The fourth-order valence-electron chi connectivity index (χ4n) is 2.47. The van der Waals surface area contributed by atoms with E-state index in [9.17, 15) is 13.2 Å². The third kappa shape index (κ3) is 4.53. The third-order valence-corrected chi connectivity index (χ3v) is 5.18. The van der Waals surface area contributed by atoms with Crippen molar-refractivity contribution in [1.29, 1.82) is 0 Å². The van der Waals surface area contributed by atoms with Crippen molar-refractivity contribution in [3.05, 3.63) is 23.8 Å². The summed E-state index contributed by atoms with van der Waals surface area (Å²) in [4.78, 5) is 11.3. The second kappa shape index (κ2) is 7.21. The fraction of sp³-hybridized carbons (Fsp3) is 0.533. The molecule has 0 aromatic heterocycles. The van der Waals surface area contributed by atoms with Gasteiger partial charge in [-0.1, -0.05) is 6.07 Å². The van der Waals surface area contributed by atoms with E-state index in [1.54, 1.807) is 19.1 Å². The van der Waals surface area contributed by atoms with Crippen LogP contribution < -0.4 is 10.0 Å². The minimum Gasteiger partial charge on any atom is -0.378 e. The second-order valence-electron chi connectivity index (χ2n) is 5.48. The molecule has 2 N–H and O–H groups in total. The van der Waals surface area contributed by atoms with Gasteiger partial charge in [-0.15, -0.1) is 0 Å². The van der Waals surface area contributed by atoms with Crippen molar-refractivity contribution in [2.24, 2.45) is 0 Å². The average molecular weight is 326 g/mol. The summed E-state index contributed by atoms with van der Waals surface area (Å²) in [6.45, 7) is 4.21. The molecule has 0 aliphatic carbocycles. The summed E-state index contributed by atoms with van der Waals surface area (Å²) in [6, 6.07) is 4.84. The van der Waals surface area contributed by atoms with Gasteiger partial charge >= 0.3 is 0 Å². The molecule has 1 aromatic rings. The summed E-state index contributed by atoms with van der Waals surface area (Å²) < 4.78 is 32.9. The molecule has 1 aliphatic heterocycles. The number of benzene rings is 1. The Kier molecular flexibility index (Phi) is 5.55. The zero-order valence-electron chi connectivity index (χ0n) is 12.9. The predicted octanol–water partition coefficient (Wildman–Crippen LogP) is 1.80. The number of sulfonamides is 1.